The van der Waals surface area contributed by atoms with Gasteiger partial charge >= 0.3 is 0 Å². The summed E-state index contributed by atoms with van der Waals surface area (Å²) in [7, 11) is 1.87. The molecule has 2 N–H and O–H groups in total. The van der Waals surface area contributed by atoms with Gasteiger partial charge in [-0.2, -0.15) is 0 Å². The molecular formula is C15H17N5OS. The van der Waals surface area contributed by atoms with Gasteiger partial charge in [-0.1, -0.05) is 0 Å². The molecular weight excluding hydrogens is 298 g/mol. The fourth-order valence-electron chi connectivity index (χ4n) is 3.12. The number of fused-ring (bicyclic) bond motifs is 3. The Kier molecular flexibility index (Phi) is 3.31. The Morgan fingerprint density at radius 3 is 2.95 bits per heavy atom. The molecule has 3 aromatic heterocycles. The maximum Gasteiger partial charge on any atom is 0.271 e. The number of aromatic nitrogens is 3. The van der Waals surface area contributed by atoms with Crippen molar-refractivity contribution >= 4 is 37.5 Å². The number of nitrogens with one attached hydrogen (secondary N) is 2. The molecule has 3 aromatic rings. The largest absolute Gasteiger partial charge is 0.387 e. The van der Waals surface area contributed by atoms with Crippen LogP contribution in [-0.2, 0) is 0 Å². The molecule has 1 aliphatic rings. The summed E-state index contributed by atoms with van der Waals surface area (Å²) in [5, 5.41) is 7.43. The molecule has 0 unspecified atom stereocenters. The topological polar surface area (TPSA) is 71.8 Å². The molecule has 4 heterocycles. The minimum absolute atomic E-state index is 0.0574. The van der Waals surface area contributed by atoms with Crippen molar-refractivity contribution in [3.05, 3.63) is 28.9 Å². The van der Waals surface area contributed by atoms with Gasteiger partial charge in [-0.15, -0.1) is 11.3 Å². The third-order valence-electron chi connectivity index (χ3n) is 4.28. The van der Waals surface area contributed by atoms with E-state index >= 15 is 0 Å². The van der Waals surface area contributed by atoms with Crippen molar-refractivity contribution in [2.24, 2.45) is 0 Å². The van der Waals surface area contributed by atoms with Crippen molar-refractivity contribution in [3.63, 3.8) is 0 Å². The average Bonchev–Trinajstić information content (AvgIpc) is 2.96. The SMILES string of the molecule is CNc1ccnc2sc3c(=O)n(C4CCNCC4)cnc3c12. The summed E-state index contributed by atoms with van der Waals surface area (Å²) in [5.74, 6) is 0. The van der Waals surface area contributed by atoms with E-state index in [1.54, 1.807) is 17.1 Å². The van der Waals surface area contributed by atoms with Gasteiger partial charge in [0.15, 0.2) is 0 Å². The van der Waals surface area contributed by atoms with Crippen molar-refractivity contribution in [2.75, 3.05) is 25.5 Å². The first-order chi connectivity index (χ1) is 10.8. The molecule has 0 aromatic carbocycles. The van der Waals surface area contributed by atoms with E-state index in [0.717, 1.165) is 47.4 Å². The average molecular weight is 315 g/mol. The summed E-state index contributed by atoms with van der Waals surface area (Å²) in [6.07, 6.45) is 5.41. The lowest BCUT2D eigenvalue weighted by Crippen LogP contribution is -2.34. The summed E-state index contributed by atoms with van der Waals surface area (Å²) in [6.45, 7) is 1.90. The fraction of sp³-hybridized carbons (Fsp3) is 0.400. The molecule has 6 nitrogen and oxygen atoms in total. The predicted octanol–water partition coefficient (Wildman–Crippen LogP) is 1.97. The Bertz CT molecular complexity index is 894. The third kappa shape index (κ3) is 2.00. The molecule has 22 heavy (non-hydrogen) atoms. The van der Waals surface area contributed by atoms with Crippen molar-refractivity contribution in [1.82, 2.24) is 19.9 Å². The summed E-state index contributed by atoms with van der Waals surface area (Å²) < 4.78 is 2.50. The fourth-order valence-corrected chi connectivity index (χ4v) is 4.18. The van der Waals surface area contributed by atoms with Crippen molar-refractivity contribution < 1.29 is 0 Å². The molecule has 1 fully saturated rings. The van der Waals surface area contributed by atoms with Crippen LogP contribution in [0.5, 0.6) is 0 Å². The van der Waals surface area contributed by atoms with Crippen LogP contribution in [0.4, 0.5) is 5.69 Å². The number of hydrogen-bond acceptors (Lipinski definition) is 6. The molecule has 0 amide bonds. The first-order valence-corrected chi connectivity index (χ1v) is 8.28. The second kappa shape index (κ2) is 5.33. The maximum atomic E-state index is 12.9. The monoisotopic (exact) mass is 315 g/mol. The van der Waals surface area contributed by atoms with Crippen molar-refractivity contribution in [2.45, 2.75) is 18.9 Å². The molecule has 7 heteroatoms. The Labute approximate surface area is 131 Å². The van der Waals surface area contributed by atoms with Crippen LogP contribution >= 0.6 is 11.3 Å². The third-order valence-corrected chi connectivity index (χ3v) is 5.35. The van der Waals surface area contributed by atoms with Crippen LogP contribution in [0.1, 0.15) is 18.9 Å². The van der Waals surface area contributed by atoms with E-state index in [2.05, 4.69) is 20.6 Å². The van der Waals surface area contributed by atoms with E-state index in [1.807, 2.05) is 13.1 Å². The highest BCUT2D eigenvalue weighted by molar-refractivity contribution is 7.25. The van der Waals surface area contributed by atoms with Crippen molar-refractivity contribution in [3.8, 4) is 0 Å². The predicted molar refractivity (Wildman–Crippen MR) is 89.9 cm³/mol. The molecule has 114 valence electrons. The maximum absolute atomic E-state index is 12.9. The Balaban J connectivity index is 1.96. The number of rotatable bonds is 2. The molecule has 4 rings (SSSR count). The van der Waals surface area contributed by atoms with Gasteiger partial charge in [-0.05, 0) is 32.0 Å². The zero-order valence-electron chi connectivity index (χ0n) is 12.3. The van der Waals surface area contributed by atoms with Crippen LogP contribution < -0.4 is 16.2 Å². The van der Waals surface area contributed by atoms with E-state index in [1.165, 1.54) is 11.3 Å². The number of hydrogen-bond donors (Lipinski definition) is 2. The van der Waals surface area contributed by atoms with Crippen LogP contribution in [0.15, 0.2) is 23.4 Å². The van der Waals surface area contributed by atoms with Crippen LogP contribution in [0.3, 0.4) is 0 Å². The molecule has 0 atom stereocenters. The van der Waals surface area contributed by atoms with Gasteiger partial charge in [0.2, 0.25) is 0 Å². The van der Waals surface area contributed by atoms with Crippen molar-refractivity contribution in [1.29, 1.82) is 0 Å². The second-order valence-corrected chi connectivity index (χ2v) is 6.51. The Hall–Kier alpha value is -1.99. The van der Waals surface area contributed by atoms with E-state index in [-0.39, 0.29) is 11.6 Å². The molecule has 1 saturated heterocycles. The van der Waals surface area contributed by atoms with E-state index in [9.17, 15) is 4.79 Å². The molecule has 0 aliphatic carbocycles. The molecule has 0 saturated carbocycles. The smallest absolute Gasteiger partial charge is 0.271 e. The molecule has 0 bridgehead atoms. The van der Waals surface area contributed by atoms with E-state index < -0.39 is 0 Å². The van der Waals surface area contributed by atoms with Gasteiger partial charge in [0.25, 0.3) is 5.56 Å². The van der Waals surface area contributed by atoms with Gasteiger partial charge in [-0.3, -0.25) is 9.36 Å². The van der Waals surface area contributed by atoms with E-state index in [4.69, 9.17) is 0 Å². The zero-order valence-corrected chi connectivity index (χ0v) is 13.1. The van der Waals surface area contributed by atoms with Gasteiger partial charge in [0.1, 0.15) is 9.53 Å². The number of anilines is 1. The summed E-state index contributed by atoms with van der Waals surface area (Å²) in [4.78, 5) is 22.7. The lowest BCUT2D eigenvalue weighted by Gasteiger charge is -2.24. The minimum Gasteiger partial charge on any atom is -0.387 e. The lowest BCUT2D eigenvalue weighted by atomic mass is 10.1. The Morgan fingerprint density at radius 1 is 1.36 bits per heavy atom. The van der Waals surface area contributed by atoms with Gasteiger partial charge in [0, 0.05) is 25.0 Å². The number of thiophene rings is 1. The Morgan fingerprint density at radius 2 is 2.18 bits per heavy atom. The number of pyridine rings is 1. The zero-order chi connectivity index (χ0) is 15.1. The van der Waals surface area contributed by atoms with Crippen LogP contribution in [0.25, 0.3) is 20.4 Å². The highest BCUT2D eigenvalue weighted by atomic mass is 32.1. The van der Waals surface area contributed by atoms with Gasteiger partial charge in [-0.25, -0.2) is 9.97 Å². The quantitative estimate of drug-likeness (QED) is 0.756. The minimum atomic E-state index is 0.0574. The van der Waals surface area contributed by atoms with Crippen LogP contribution in [0.2, 0.25) is 0 Å². The van der Waals surface area contributed by atoms with Gasteiger partial charge in [0.05, 0.1) is 17.2 Å². The normalized spacial score (nSPS) is 16.4. The van der Waals surface area contributed by atoms with Gasteiger partial charge < -0.3 is 10.6 Å². The first kappa shape index (κ1) is 13.7. The van der Waals surface area contributed by atoms with Crippen LogP contribution in [-0.4, -0.2) is 34.7 Å². The number of piperidine rings is 1. The van der Waals surface area contributed by atoms with Crippen LogP contribution in [0, 0.1) is 0 Å². The lowest BCUT2D eigenvalue weighted by molar-refractivity contribution is 0.359. The molecule has 1 aliphatic heterocycles. The number of nitrogens with zero attached hydrogens (tertiary/aromatic N) is 3. The summed E-state index contributed by atoms with van der Waals surface area (Å²) >= 11 is 1.43. The highest BCUT2D eigenvalue weighted by Crippen LogP contribution is 2.34. The molecule has 0 spiro atoms. The first-order valence-electron chi connectivity index (χ1n) is 7.46. The second-order valence-electron chi connectivity index (χ2n) is 5.51. The summed E-state index contributed by atoms with van der Waals surface area (Å²) in [6, 6.07) is 2.15. The standard InChI is InChI=1S/C15H17N5OS/c1-16-10-4-7-18-14-11(10)12-13(22-14)15(21)20(8-19-12)9-2-5-17-6-3-9/h4,7-9,17H,2-3,5-6H2,1H3,(H,16,18). The highest BCUT2D eigenvalue weighted by Gasteiger charge is 2.20. The van der Waals surface area contributed by atoms with E-state index in [0.29, 0.717) is 4.70 Å². The summed E-state index contributed by atoms with van der Waals surface area (Å²) in [5.41, 5.74) is 1.78. The molecule has 0 radical (unpaired) electrons.